The molecule has 0 fully saturated rings. The predicted molar refractivity (Wildman–Crippen MR) is 201 cm³/mol. The van der Waals surface area contributed by atoms with Gasteiger partial charge in [-0.05, 0) is 105 Å². The van der Waals surface area contributed by atoms with E-state index in [1.807, 2.05) is 0 Å². The summed E-state index contributed by atoms with van der Waals surface area (Å²) in [6, 6.07) is 62.9. The van der Waals surface area contributed by atoms with Crippen molar-refractivity contribution >= 4 is 43.1 Å². The van der Waals surface area contributed by atoms with Crippen molar-refractivity contribution in [2.24, 2.45) is 0 Å². The van der Waals surface area contributed by atoms with E-state index < -0.39 is 0 Å². The lowest BCUT2D eigenvalue weighted by Crippen LogP contribution is -1.93. The summed E-state index contributed by atoms with van der Waals surface area (Å²) in [5, 5.41) is 10.4. The van der Waals surface area contributed by atoms with Crippen molar-refractivity contribution in [1.29, 1.82) is 0 Å². The zero-order valence-electron chi connectivity index (χ0n) is 25.9. The molecule has 0 heterocycles. The molecule has 47 heavy (non-hydrogen) atoms. The second-order valence-corrected chi connectivity index (χ2v) is 12.8. The molecule has 0 unspecified atom stereocenters. The molecule has 218 valence electrons. The van der Waals surface area contributed by atoms with Crippen LogP contribution in [-0.4, -0.2) is 0 Å². The Morgan fingerprint density at radius 2 is 0.809 bits per heavy atom. The first-order valence-electron chi connectivity index (χ1n) is 16.5. The summed E-state index contributed by atoms with van der Waals surface area (Å²) in [4.78, 5) is 0. The fraction of sp³-hybridized carbons (Fsp3) is 0.0213. The minimum Gasteiger partial charge on any atom is -0.0622 e. The summed E-state index contributed by atoms with van der Waals surface area (Å²) in [6.45, 7) is 0. The summed E-state index contributed by atoms with van der Waals surface area (Å²) in [6.07, 6.45) is 0.969. The SMILES string of the molecule is c1ccc(-c2ccc(-c3c4ccccc4c(-c4ccc5c(c4)Cc4ccc6ccccc6c4-5)c4ccccc34)c3ccccc23)cc1. The maximum Gasteiger partial charge on any atom is -0.00130 e. The molecule has 0 radical (unpaired) electrons. The zero-order chi connectivity index (χ0) is 30.9. The molecular formula is C47H30. The van der Waals surface area contributed by atoms with E-state index in [4.69, 9.17) is 0 Å². The van der Waals surface area contributed by atoms with E-state index in [-0.39, 0.29) is 0 Å². The Morgan fingerprint density at radius 3 is 1.51 bits per heavy atom. The minimum atomic E-state index is 0.969. The van der Waals surface area contributed by atoms with Gasteiger partial charge in [0.05, 0.1) is 0 Å². The van der Waals surface area contributed by atoms with Gasteiger partial charge in [-0.3, -0.25) is 0 Å². The Morgan fingerprint density at radius 1 is 0.277 bits per heavy atom. The van der Waals surface area contributed by atoms with Gasteiger partial charge in [0, 0.05) is 0 Å². The molecular weight excluding hydrogens is 565 g/mol. The summed E-state index contributed by atoms with van der Waals surface area (Å²) in [5.41, 5.74) is 13.3. The van der Waals surface area contributed by atoms with Crippen molar-refractivity contribution in [2.75, 3.05) is 0 Å². The topological polar surface area (TPSA) is 0 Å². The molecule has 0 aliphatic heterocycles. The van der Waals surface area contributed by atoms with Crippen LogP contribution in [0.25, 0.3) is 87.6 Å². The standard InChI is InChI=1S/C47H30/c1-2-12-30(13-3-1)35-26-27-44(39-17-7-6-16-38(35)39)47-42-20-10-8-18-40(42)46(41-19-9-11-21-43(41)47)33-24-25-37-34(29-33)28-32-23-22-31-14-4-5-15-36(31)45(32)37/h1-27,29H,28H2. The molecule has 0 saturated heterocycles. The second kappa shape index (κ2) is 10.3. The number of benzene rings is 9. The minimum absolute atomic E-state index is 0.969. The van der Waals surface area contributed by atoms with Crippen LogP contribution in [0.1, 0.15) is 11.1 Å². The van der Waals surface area contributed by atoms with E-state index >= 15 is 0 Å². The lowest BCUT2D eigenvalue weighted by molar-refractivity contribution is 1.27. The number of rotatable bonds is 3. The molecule has 9 aromatic rings. The average Bonchev–Trinajstić information content (AvgIpc) is 3.52. The summed E-state index contributed by atoms with van der Waals surface area (Å²) < 4.78 is 0. The van der Waals surface area contributed by atoms with Gasteiger partial charge in [-0.2, -0.15) is 0 Å². The molecule has 0 amide bonds. The monoisotopic (exact) mass is 594 g/mol. The van der Waals surface area contributed by atoms with Gasteiger partial charge in [0.15, 0.2) is 0 Å². The lowest BCUT2D eigenvalue weighted by atomic mass is 9.83. The molecule has 1 aliphatic carbocycles. The summed E-state index contributed by atoms with van der Waals surface area (Å²) in [5.74, 6) is 0. The highest BCUT2D eigenvalue weighted by Gasteiger charge is 2.23. The van der Waals surface area contributed by atoms with Crippen LogP contribution in [0, 0.1) is 0 Å². The molecule has 0 saturated carbocycles. The first kappa shape index (κ1) is 26.3. The van der Waals surface area contributed by atoms with Crippen molar-refractivity contribution in [3.63, 3.8) is 0 Å². The Bertz CT molecular complexity index is 2640. The molecule has 9 aromatic carbocycles. The van der Waals surface area contributed by atoms with E-state index in [1.54, 1.807) is 0 Å². The Kier molecular flexibility index (Phi) is 5.74. The van der Waals surface area contributed by atoms with Crippen LogP contribution >= 0.6 is 0 Å². The first-order chi connectivity index (χ1) is 23.3. The quantitative estimate of drug-likeness (QED) is 0.179. The molecule has 0 N–H and O–H groups in total. The average molecular weight is 595 g/mol. The van der Waals surface area contributed by atoms with Crippen LogP contribution in [0.3, 0.4) is 0 Å². The zero-order valence-corrected chi connectivity index (χ0v) is 25.9. The Hall–Kier alpha value is -5.98. The molecule has 0 nitrogen and oxygen atoms in total. The van der Waals surface area contributed by atoms with Crippen LogP contribution < -0.4 is 0 Å². The van der Waals surface area contributed by atoms with Crippen LogP contribution in [0.15, 0.2) is 170 Å². The highest BCUT2D eigenvalue weighted by Crippen LogP contribution is 2.48. The van der Waals surface area contributed by atoms with E-state index in [0.717, 1.165) is 6.42 Å². The Balaban J connectivity index is 1.23. The third-order valence-corrected chi connectivity index (χ3v) is 10.3. The smallest absolute Gasteiger partial charge is 0.00130 e. The fourth-order valence-electron chi connectivity index (χ4n) is 8.24. The highest BCUT2D eigenvalue weighted by molar-refractivity contribution is 6.24. The summed E-state index contributed by atoms with van der Waals surface area (Å²) in [7, 11) is 0. The van der Waals surface area contributed by atoms with Crippen LogP contribution in [0.2, 0.25) is 0 Å². The van der Waals surface area contributed by atoms with Gasteiger partial charge in [-0.1, -0.05) is 170 Å². The number of hydrogen-bond donors (Lipinski definition) is 0. The van der Waals surface area contributed by atoms with Crippen molar-refractivity contribution in [1.82, 2.24) is 0 Å². The van der Waals surface area contributed by atoms with Crippen LogP contribution in [-0.2, 0) is 6.42 Å². The van der Waals surface area contributed by atoms with Gasteiger partial charge in [-0.15, -0.1) is 0 Å². The molecule has 1 aliphatic rings. The molecule has 10 rings (SSSR count). The third-order valence-electron chi connectivity index (χ3n) is 10.3. The molecule has 0 heteroatoms. The van der Waals surface area contributed by atoms with Crippen LogP contribution in [0.4, 0.5) is 0 Å². The van der Waals surface area contributed by atoms with Gasteiger partial charge in [0.1, 0.15) is 0 Å². The maximum absolute atomic E-state index is 2.46. The highest BCUT2D eigenvalue weighted by atomic mass is 14.3. The normalized spacial score (nSPS) is 12.2. The molecule has 0 atom stereocenters. The van der Waals surface area contributed by atoms with Crippen molar-refractivity contribution in [3.8, 4) is 44.5 Å². The lowest BCUT2D eigenvalue weighted by Gasteiger charge is -2.20. The van der Waals surface area contributed by atoms with Crippen LogP contribution in [0.5, 0.6) is 0 Å². The Labute approximate surface area is 274 Å². The first-order valence-corrected chi connectivity index (χ1v) is 16.5. The largest absolute Gasteiger partial charge is 0.0622 e. The van der Waals surface area contributed by atoms with Gasteiger partial charge in [0.25, 0.3) is 0 Å². The second-order valence-electron chi connectivity index (χ2n) is 12.8. The molecule has 0 spiro atoms. The number of fused-ring (bicyclic) bond motifs is 8. The van der Waals surface area contributed by atoms with E-state index in [0.29, 0.717) is 0 Å². The van der Waals surface area contributed by atoms with E-state index in [1.165, 1.54) is 98.7 Å². The van der Waals surface area contributed by atoms with Crippen molar-refractivity contribution in [3.05, 3.63) is 181 Å². The van der Waals surface area contributed by atoms with E-state index in [9.17, 15) is 0 Å². The molecule has 0 aromatic heterocycles. The molecule has 0 bridgehead atoms. The number of hydrogen-bond acceptors (Lipinski definition) is 0. The maximum atomic E-state index is 2.46. The van der Waals surface area contributed by atoms with Gasteiger partial charge >= 0.3 is 0 Å². The third kappa shape index (κ3) is 3.95. The fourth-order valence-corrected chi connectivity index (χ4v) is 8.24. The van der Waals surface area contributed by atoms with E-state index in [2.05, 4.69) is 170 Å². The van der Waals surface area contributed by atoms with Crippen molar-refractivity contribution < 1.29 is 0 Å². The van der Waals surface area contributed by atoms with Gasteiger partial charge in [-0.25, -0.2) is 0 Å². The predicted octanol–water partition coefficient (Wildman–Crippen LogP) is 12.9. The summed E-state index contributed by atoms with van der Waals surface area (Å²) >= 11 is 0. The van der Waals surface area contributed by atoms with Gasteiger partial charge in [0.2, 0.25) is 0 Å². The van der Waals surface area contributed by atoms with Gasteiger partial charge < -0.3 is 0 Å². The van der Waals surface area contributed by atoms with Crippen molar-refractivity contribution in [2.45, 2.75) is 6.42 Å².